The number of nitrogens with zero attached hydrogens (tertiary/aromatic N) is 4. The van der Waals surface area contributed by atoms with Gasteiger partial charge < -0.3 is 20.1 Å². The zero-order valence-corrected chi connectivity index (χ0v) is 10.3. The van der Waals surface area contributed by atoms with E-state index in [0.29, 0.717) is 11.0 Å². The number of imidazole rings is 1. The summed E-state index contributed by atoms with van der Waals surface area (Å²) in [6, 6.07) is 0. The highest BCUT2D eigenvalue weighted by atomic mass is 35.5. The molecular formula is C10H11ClN4O4. The van der Waals surface area contributed by atoms with Crippen molar-refractivity contribution in [1.29, 1.82) is 0 Å². The van der Waals surface area contributed by atoms with Gasteiger partial charge in [-0.2, -0.15) is 5.10 Å². The van der Waals surface area contributed by atoms with E-state index in [1.165, 1.54) is 17.1 Å². The average molecular weight is 287 g/mol. The minimum Gasteiger partial charge on any atom is -0.394 e. The second-order valence-electron chi connectivity index (χ2n) is 4.25. The van der Waals surface area contributed by atoms with Crippen LogP contribution in [0.25, 0.3) is 11.0 Å². The number of hydrogen-bond acceptors (Lipinski definition) is 7. The minimum atomic E-state index is -1.18. The summed E-state index contributed by atoms with van der Waals surface area (Å²) in [4.78, 5) is 4.07. The van der Waals surface area contributed by atoms with Gasteiger partial charge in [0.15, 0.2) is 11.4 Å². The molecule has 0 bridgehead atoms. The van der Waals surface area contributed by atoms with Crippen molar-refractivity contribution >= 4 is 22.6 Å². The Balaban J connectivity index is 2.04. The molecule has 0 aromatic carbocycles. The Bertz CT molecular complexity index is 606. The lowest BCUT2D eigenvalue weighted by Crippen LogP contribution is -2.33. The fourth-order valence-electron chi connectivity index (χ4n) is 2.15. The smallest absolute Gasteiger partial charge is 0.179 e. The van der Waals surface area contributed by atoms with Gasteiger partial charge in [-0.1, -0.05) is 11.6 Å². The summed E-state index contributed by atoms with van der Waals surface area (Å²) in [5, 5.41) is 36.3. The molecule has 2 aromatic heterocycles. The zero-order valence-electron chi connectivity index (χ0n) is 9.59. The van der Waals surface area contributed by atoms with E-state index in [2.05, 4.69) is 15.2 Å². The molecule has 2 unspecified atom stereocenters. The number of ether oxygens (including phenoxy) is 1. The summed E-state index contributed by atoms with van der Waals surface area (Å²) >= 11 is 5.86. The molecule has 3 heterocycles. The van der Waals surface area contributed by atoms with Crippen LogP contribution >= 0.6 is 11.6 Å². The van der Waals surface area contributed by atoms with Gasteiger partial charge in [0.25, 0.3) is 0 Å². The first kappa shape index (κ1) is 12.7. The number of halogens is 1. The van der Waals surface area contributed by atoms with Crippen LogP contribution in [0, 0.1) is 0 Å². The van der Waals surface area contributed by atoms with Crippen LogP contribution in [0.5, 0.6) is 0 Å². The molecule has 102 valence electrons. The maximum atomic E-state index is 9.96. The Morgan fingerprint density at radius 1 is 1.37 bits per heavy atom. The first-order chi connectivity index (χ1) is 9.13. The summed E-state index contributed by atoms with van der Waals surface area (Å²) in [5.41, 5.74) is 0.948. The molecule has 1 saturated heterocycles. The van der Waals surface area contributed by atoms with E-state index >= 15 is 0 Å². The van der Waals surface area contributed by atoms with Crippen molar-refractivity contribution in [3.05, 3.63) is 17.7 Å². The minimum absolute atomic E-state index is 0.142. The summed E-state index contributed by atoms with van der Waals surface area (Å²) in [7, 11) is 0. The molecule has 0 amide bonds. The summed E-state index contributed by atoms with van der Waals surface area (Å²) < 4.78 is 6.91. The summed E-state index contributed by atoms with van der Waals surface area (Å²) in [6.07, 6.45) is -1.21. The van der Waals surface area contributed by atoms with Gasteiger partial charge in [-0.15, -0.1) is 5.10 Å². The Kier molecular flexibility index (Phi) is 3.11. The van der Waals surface area contributed by atoms with Gasteiger partial charge in [0.2, 0.25) is 0 Å². The fraction of sp³-hybridized carbons (Fsp3) is 0.500. The average Bonchev–Trinajstić information content (AvgIpc) is 2.94. The molecule has 1 fully saturated rings. The van der Waals surface area contributed by atoms with E-state index in [1.54, 1.807) is 0 Å². The molecule has 0 aliphatic carbocycles. The highest BCUT2D eigenvalue weighted by Gasteiger charge is 2.43. The van der Waals surface area contributed by atoms with Crippen LogP contribution in [-0.2, 0) is 4.74 Å². The van der Waals surface area contributed by atoms with E-state index in [1.807, 2.05) is 0 Å². The highest BCUT2D eigenvalue weighted by molar-refractivity contribution is 6.33. The molecule has 9 heteroatoms. The van der Waals surface area contributed by atoms with Crippen molar-refractivity contribution in [2.75, 3.05) is 6.61 Å². The van der Waals surface area contributed by atoms with Gasteiger partial charge in [0, 0.05) is 0 Å². The first-order valence-electron chi connectivity index (χ1n) is 5.59. The van der Waals surface area contributed by atoms with Crippen LogP contribution in [0.4, 0.5) is 0 Å². The molecule has 0 radical (unpaired) electrons. The van der Waals surface area contributed by atoms with Gasteiger partial charge in [-0.3, -0.25) is 4.57 Å². The number of aliphatic hydroxyl groups excluding tert-OH is 3. The third kappa shape index (κ3) is 1.88. The molecule has 0 saturated carbocycles. The molecule has 4 atom stereocenters. The quantitative estimate of drug-likeness (QED) is 0.655. The van der Waals surface area contributed by atoms with Crippen LogP contribution < -0.4 is 0 Å². The van der Waals surface area contributed by atoms with E-state index < -0.39 is 24.5 Å². The van der Waals surface area contributed by atoms with Crippen molar-refractivity contribution in [3.8, 4) is 0 Å². The standard InChI is InChI=1S/C10H11ClN4O4/c11-9-6-4(1-13-14-9)15(3-12-6)10-8(18)7(17)5(2-16)19-10/h1,3,5,7-8,10,16-18H,2H2/t5-,7-,8?,10?/m1/s1. The van der Waals surface area contributed by atoms with Crippen LogP contribution in [0.2, 0.25) is 5.15 Å². The first-order valence-corrected chi connectivity index (χ1v) is 5.97. The maximum absolute atomic E-state index is 9.96. The summed E-state index contributed by atoms with van der Waals surface area (Å²) in [5.74, 6) is 0. The predicted octanol–water partition coefficient (Wildman–Crippen LogP) is -0.909. The van der Waals surface area contributed by atoms with Gasteiger partial charge in [0.1, 0.15) is 23.8 Å². The van der Waals surface area contributed by atoms with Crippen LogP contribution in [0.3, 0.4) is 0 Å². The lowest BCUT2D eigenvalue weighted by Gasteiger charge is -2.16. The third-order valence-electron chi connectivity index (χ3n) is 3.14. The Hall–Kier alpha value is -1.32. The Labute approximate surface area is 112 Å². The van der Waals surface area contributed by atoms with Crippen molar-refractivity contribution in [2.45, 2.75) is 24.5 Å². The predicted molar refractivity (Wildman–Crippen MR) is 63.3 cm³/mol. The van der Waals surface area contributed by atoms with Gasteiger partial charge in [0.05, 0.1) is 24.6 Å². The van der Waals surface area contributed by atoms with Crippen molar-refractivity contribution in [3.63, 3.8) is 0 Å². The number of rotatable bonds is 2. The van der Waals surface area contributed by atoms with E-state index in [9.17, 15) is 10.2 Å². The fourth-order valence-corrected chi connectivity index (χ4v) is 2.34. The molecule has 3 rings (SSSR count). The molecule has 2 aromatic rings. The molecule has 8 nitrogen and oxygen atoms in total. The van der Waals surface area contributed by atoms with E-state index in [0.717, 1.165) is 0 Å². The number of aliphatic hydroxyl groups is 3. The largest absolute Gasteiger partial charge is 0.394 e. The third-order valence-corrected chi connectivity index (χ3v) is 3.40. The van der Waals surface area contributed by atoms with E-state index in [-0.39, 0.29) is 11.8 Å². The monoisotopic (exact) mass is 286 g/mol. The lowest BCUT2D eigenvalue weighted by molar-refractivity contribution is -0.0509. The van der Waals surface area contributed by atoms with E-state index in [4.69, 9.17) is 21.4 Å². The topological polar surface area (TPSA) is 114 Å². The maximum Gasteiger partial charge on any atom is 0.179 e. The number of fused-ring (bicyclic) bond motifs is 1. The second-order valence-corrected chi connectivity index (χ2v) is 4.61. The van der Waals surface area contributed by atoms with Gasteiger partial charge >= 0.3 is 0 Å². The highest BCUT2D eigenvalue weighted by Crippen LogP contribution is 2.32. The number of aromatic nitrogens is 4. The molecule has 3 N–H and O–H groups in total. The molecular weight excluding hydrogens is 276 g/mol. The SMILES string of the molecule is OC[C@H]1OC(n2cnc3c(Cl)nncc32)C(O)[C@@H]1O. The molecule has 0 spiro atoms. The van der Waals surface area contributed by atoms with Crippen molar-refractivity contribution in [2.24, 2.45) is 0 Å². The normalized spacial score (nSPS) is 31.2. The lowest BCUT2D eigenvalue weighted by atomic mass is 10.1. The zero-order chi connectivity index (χ0) is 13.6. The van der Waals surface area contributed by atoms with Crippen LogP contribution in [-0.4, -0.2) is 60.0 Å². The molecule has 1 aliphatic rings. The van der Waals surface area contributed by atoms with Crippen LogP contribution in [0.15, 0.2) is 12.5 Å². The van der Waals surface area contributed by atoms with Crippen LogP contribution in [0.1, 0.15) is 6.23 Å². The number of hydrogen-bond donors (Lipinski definition) is 3. The van der Waals surface area contributed by atoms with Crippen molar-refractivity contribution in [1.82, 2.24) is 19.7 Å². The Morgan fingerprint density at radius 3 is 2.84 bits per heavy atom. The van der Waals surface area contributed by atoms with Gasteiger partial charge in [-0.05, 0) is 0 Å². The second kappa shape index (κ2) is 4.66. The van der Waals surface area contributed by atoms with Gasteiger partial charge in [-0.25, -0.2) is 4.98 Å². The molecule has 1 aliphatic heterocycles. The van der Waals surface area contributed by atoms with Crippen molar-refractivity contribution < 1.29 is 20.1 Å². The Morgan fingerprint density at radius 2 is 2.16 bits per heavy atom. The summed E-state index contributed by atoms with van der Waals surface area (Å²) in [6.45, 7) is -0.387. The molecule has 19 heavy (non-hydrogen) atoms.